The van der Waals surface area contributed by atoms with E-state index in [4.69, 9.17) is 9.15 Å². The maximum Gasteiger partial charge on any atom is 0.336 e. The molecule has 1 aliphatic carbocycles. The lowest BCUT2D eigenvalue weighted by Crippen LogP contribution is -3.00. The van der Waals surface area contributed by atoms with Crippen molar-refractivity contribution in [2.45, 2.75) is 6.92 Å². The Morgan fingerprint density at radius 1 is 1.00 bits per heavy atom. The van der Waals surface area contributed by atoms with Gasteiger partial charge in [-0.15, -0.1) is 0 Å². The highest BCUT2D eigenvalue weighted by Gasteiger charge is 2.25. The predicted octanol–water partition coefficient (Wildman–Crippen LogP) is 0.743. The molecule has 40 heavy (non-hydrogen) atoms. The van der Waals surface area contributed by atoms with E-state index >= 15 is 0 Å². The number of carboxylic acids is 1. The number of nitrogens with zero attached hydrogens (tertiary/aromatic N) is 2. The van der Waals surface area contributed by atoms with E-state index in [1.807, 2.05) is 74.1 Å². The van der Waals surface area contributed by atoms with Crippen LogP contribution in [0.2, 0.25) is 0 Å². The maximum absolute atomic E-state index is 12.4. The molecule has 0 saturated carbocycles. The summed E-state index contributed by atoms with van der Waals surface area (Å²) in [5.74, 6) is -0.527. The number of ether oxygens (including phenoxy) is 1. The second-order valence-corrected chi connectivity index (χ2v) is 9.61. The highest BCUT2D eigenvalue weighted by molar-refractivity contribution is 6.08. The van der Waals surface area contributed by atoms with Crippen molar-refractivity contribution in [1.29, 1.82) is 0 Å². The predicted molar refractivity (Wildman–Crippen MR) is 152 cm³/mol. The van der Waals surface area contributed by atoms with Crippen LogP contribution < -0.4 is 48.2 Å². The largest absolute Gasteiger partial charge is 1.00 e. The molecular formula is C30H28ClN3O6. The third-order valence-corrected chi connectivity index (χ3v) is 6.67. The molecule has 206 valence electrons. The van der Waals surface area contributed by atoms with E-state index in [-0.39, 0.29) is 36.0 Å². The van der Waals surface area contributed by atoms with E-state index in [0.29, 0.717) is 28.2 Å². The molecule has 3 aromatic rings. The number of halogens is 1. The van der Waals surface area contributed by atoms with Gasteiger partial charge in [0.1, 0.15) is 31.1 Å². The van der Waals surface area contributed by atoms with Gasteiger partial charge >= 0.3 is 5.97 Å². The molecule has 0 fully saturated rings. The van der Waals surface area contributed by atoms with Crippen LogP contribution in [0.4, 0.5) is 17.1 Å². The molecule has 0 saturated heterocycles. The molecule has 0 unspecified atom stereocenters. The third-order valence-electron chi connectivity index (χ3n) is 6.67. The van der Waals surface area contributed by atoms with E-state index in [2.05, 4.69) is 5.32 Å². The van der Waals surface area contributed by atoms with Gasteiger partial charge in [0.15, 0.2) is 5.75 Å². The first-order chi connectivity index (χ1) is 18.6. The summed E-state index contributed by atoms with van der Waals surface area (Å²) in [6.07, 6.45) is 0. The maximum atomic E-state index is 12.4. The monoisotopic (exact) mass is 561 g/mol. The molecule has 3 aromatic carbocycles. The van der Waals surface area contributed by atoms with Gasteiger partial charge in [-0.1, -0.05) is 0 Å². The van der Waals surface area contributed by atoms with Crippen LogP contribution >= 0.6 is 0 Å². The number of hydrogen-bond acceptors (Lipinski definition) is 7. The number of carboxylic acid groups (broad SMARTS) is 1. The minimum atomic E-state index is -1.10. The molecule has 9 nitrogen and oxygen atoms in total. The van der Waals surface area contributed by atoms with Crippen molar-refractivity contribution in [3.63, 3.8) is 0 Å². The fourth-order valence-corrected chi connectivity index (χ4v) is 4.64. The molecular weight excluding hydrogens is 534 g/mol. The SMILES string of the molecule is CCOc1c(Nc2ccc(C(=O)O)c(-c3c4ccc(=[N+](C)C)cc-4oc4cc(N(C)C)ccc34)c2)c(=O)c1=O.[Cl-]. The normalized spacial score (nSPS) is 10.9. The van der Waals surface area contributed by atoms with Crippen LogP contribution in [0.3, 0.4) is 0 Å². The second kappa shape index (κ2) is 10.9. The quantitative estimate of drug-likeness (QED) is 0.170. The molecule has 1 heterocycles. The number of rotatable bonds is 7. The summed E-state index contributed by atoms with van der Waals surface area (Å²) < 4.78 is 13.6. The Labute approximate surface area is 236 Å². The van der Waals surface area contributed by atoms with Crippen LogP contribution in [0.1, 0.15) is 17.3 Å². The number of carbonyl (C=O) groups is 1. The molecule has 0 amide bonds. The highest BCUT2D eigenvalue weighted by Crippen LogP contribution is 2.43. The number of fused-ring (bicyclic) bond motifs is 2. The van der Waals surface area contributed by atoms with Crippen LogP contribution in [0.25, 0.3) is 33.4 Å². The summed E-state index contributed by atoms with van der Waals surface area (Å²) in [4.78, 5) is 38.6. The van der Waals surface area contributed by atoms with Gasteiger partial charge in [-0.3, -0.25) is 9.59 Å². The molecule has 2 aliphatic rings. The summed E-state index contributed by atoms with van der Waals surface area (Å²) in [5, 5.41) is 14.8. The van der Waals surface area contributed by atoms with Crippen molar-refractivity contribution >= 4 is 34.0 Å². The second-order valence-electron chi connectivity index (χ2n) is 9.61. The van der Waals surface area contributed by atoms with Crippen molar-refractivity contribution in [3.8, 4) is 28.2 Å². The van der Waals surface area contributed by atoms with E-state index < -0.39 is 16.8 Å². The van der Waals surface area contributed by atoms with Crippen molar-refractivity contribution in [3.05, 3.63) is 86.0 Å². The van der Waals surface area contributed by atoms with E-state index in [0.717, 1.165) is 22.0 Å². The lowest BCUT2D eigenvalue weighted by atomic mass is 9.90. The molecule has 1 aliphatic heterocycles. The summed E-state index contributed by atoms with van der Waals surface area (Å²) >= 11 is 0. The van der Waals surface area contributed by atoms with E-state index in [9.17, 15) is 19.5 Å². The zero-order chi connectivity index (χ0) is 28.0. The molecule has 5 rings (SSSR count). The van der Waals surface area contributed by atoms with Gasteiger partial charge in [-0.25, -0.2) is 9.37 Å². The topological polar surface area (TPSA) is 112 Å². The highest BCUT2D eigenvalue weighted by atomic mass is 35.5. The summed E-state index contributed by atoms with van der Waals surface area (Å²) in [7, 11) is 7.73. The van der Waals surface area contributed by atoms with Gasteiger partial charge in [0.25, 0.3) is 10.9 Å². The molecule has 0 aromatic heterocycles. The Balaban J connectivity index is 0.00000370. The first kappa shape index (κ1) is 28.4. The molecule has 0 radical (unpaired) electrons. The smallest absolute Gasteiger partial charge is 0.336 e. The van der Waals surface area contributed by atoms with Crippen LogP contribution in [0.5, 0.6) is 5.75 Å². The Bertz CT molecular complexity index is 1880. The molecule has 0 spiro atoms. The fourth-order valence-electron chi connectivity index (χ4n) is 4.64. The molecule has 0 bridgehead atoms. The Morgan fingerprint density at radius 2 is 1.75 bits per heavy atom. The number of benzene rings is 3. The zero-order valence-corrected chi connectivity index (χ0v) is 23.4. The van der Waals surface area contributed by atoms with E-state index in [1.165, 1.54) is 6.07 Å². The summed E-state index contributed by atoms with van der Waals surface area (Å²) in [6.45, 7) is 1.96. The fraction of sp³-hybridized carbons (Fsp3) is 0.200. The first-order valence-electron chi connectivity index (χ1n) is 12.4. The zero-order valence-electron chi connectivity index (χ0n) is 22.7. The van der Waals surface area contributed by atoms with Gasteiger partial charge in [-0.05, 0) is 48.9 Å². The van der Waals surface area contributed by atoms with Gasteiger partial charge in [0.2, 0.25) is 5.36 Å². The van der Waals surface area contributed by atoms with Gasteiger partial charge in [0.05, 0.1) is 18.2 Å². The molecule has 2 N–H and O–H groups in total. The average Bonchev–Trinajstić information content (AvgIpc) is 2.92. The van der Waals surface area contributed by atoms with E-state index in [1.54, 1.807) is 19.1 Å². The van der Waals surface area contributed by atoms with Crippen molar-refractivity contribution in [1.82, 2.24) is 4.58 Å². The van der Waals surface area contributed by atoms with Crippen LogP contribution in [0.15, 0.2) is 68.6 Å². The van der Waals surface area contributed by atoms with Gasteiger partial charge < -0.3 is 36.9 Å². The first-order valence-corrected chi connectivity index (χ1v) is 12.4. The minimum absolute atomic E-state index is 0. The van der Waals surface area contributed by atoms with Crippen molar-refractivity contribution < 1.29 is 31.5 Å². The van der Waals surface area contributed by atoms with Crippen LogP contribution in [0, 0.1) is 0 Å². The lowest BCUT2D eigenvalue weighted by molar-refractivity contribution is -0.0000244. The third kappa shape index (κ3) is 4.80. The summed E-state index contributed by atoms with van der Waals surface area (Å²) in [5.41, 5.74) is 2.59. The standard InChI is InChI=1S/C30H27N3O6.ClH/c1-6-38-29-26(27(34)28(29)35)31-16-7-10-19(30(36)37)22(13-16)25-20-11-8-17(32(2)3)14-23(20)39-24-15-18(33(4)5)9-12-21(24)25;/h7-15H,6H2,1-5H3,(H-,31,35,36,37);1H. The van der Waals surface area contributed by atoms with Gasteiger partial charge in [-0.2, -0.15) is 0 Å². The number of anilines is 3. The average molecular weight is 562 g/mol. The Hall–Kier alpha value is -4.63. The minimum Gasteiger partial charge on any atom is -1.00 e. The number of nitrogens with one attached hydrogen (secondary N) is 1. The summed E-state index contributed by atoms with van der Waals surface area (Å²) in [6, 6.07) is 16.3. The number of aromatic carboxylic acids is 1. The number of hydrogen-bond donors (Lipinski definition) is 2. The molecule has 10 heteroatoms. The lowest BCUT2D eigenvalue weighted by Gasteiger charge is -2.20. The van der Waals surface area contributed by atoms with Crippen molar-refractivity contribution in [2.24, 2.45) is 0 Å². The van der Waals surface area contributed by atoms with Crippen LogP contribution in [-0.4, -0.2) is 45.9 Å². The Kier molecular flexibility index (Phi) is 7.70. The van der Waals surface area contributed by atoms with Crippen molar-refractivity contribution in [2.75, 3.05) is 45.0 Å². The van der Waals surface area contributed by atoms with Crippen LogP contribution in [-0.2, 0) is 0 Å². The molecule has 0 atom stereocenters. The Morgan fingerprint density at radius 3 is 2.40 bits per heavy atom. The van der Waals surface area contributed by atoms with Gasteiger partial charge in [0, 0.05) is 54.1 Å².